The number of hydrogen-bond donors (Lipinski definition) is 1. The molecule has 1 saturated heterocycles. The van der Waals surface area contributed by atoms with Crippen LogP contribution in [-0.4, -0.2) is 5.04 Å². The van der Waals surface area contributed by atoms with E-state index >= 15 is 3.89 Å². The van der Waals surface area contributed by atoms with Crippen LogP contribution >= 0.6 is 10.4 Å². The number of hydrogen-bond acceptors (Lipinski definition) is 2. The molecule has 0 saturated carbocycles. The fourth-order valence-electron chi connectivity index (χ4n) is 3.45. The Morgan fingerprint density at radius 1 is 1.21 bits per heavy atom. The first kappa shape index (κ1) is 20.6. The van der Waals surface area contributed by atoms with Crippen molar-refractivity contribution in [2.75, 3.05) is 0 Å². The fourth-order valence-corrected chi connectivity index (χ4v) is 6.14. The first-order valence-corrected chi connectivity index (χ1v) is 11.4. The van der Waals surface area contributed by atoms with Crippen molar-refractivity contribution < 1.29 is 3.89 Å². The molecular weight excluding hydrogens is 367 g/mol. The van der Waals surface area contributed by atoms with Gasteiger partial charge in [0.1, 0.15) is 0 Å². The summed E-state index contributed by atoms with van der Waals surface area (Å²) in [5, 5.41) is 0.559. The summed E-state index contributed by atoms with van der Waals surface area (Å²) in [6, 6.07) is 8.05. The Kier molecular flexibility index (Phi) is 6.87. The van der Waals surface area contributed by atoms with Gasteiger partial charge in [-0.05, 0) is 59.2 Å². The number of rotatable bonds is 6. The molecule has 2 aliphatic rings. The van der Waals surface area contributed by atoms with Gasteiger partial charge in [0.2, 0.25) is 0 Å². The molecular formula is C24H29FN2S. The summed E-state index contributed by atoms with van der Waals surface area (Å²) in [6.07, 6.45) is 18.5. The van der Waals surface area contributed by atoms with Crippen molar-refractivity contribution in [3.8, 4) is 0 Å². The third-order valence-electron chi connectivity index (χ3n) is 5.13. The molecule has 3 rings (SSSR count). The maximum Gasteiger partial charge on any atom is 0.0897 e. The maximum absolute atomic E-state index is 16.5. The molecule has 1 aromatic rings. The molecule has 0 spiro atoms. The molecule has 1 heterocycles. The molecule has 1 fully saturated rings. The van der Waals surface area contributed by atoms with Gasteiger partial charge in [0.25, 0.3) is 0 Å². The van der Waals surface area contributed by atoms with Gasteiger partial charge in [-0.2, -0.15) is 3.89 Å². The van der Waals surface area contributed by atoms with E-state index in [-0.39, 0.29) is 5.25 Å². The number of benzene rings is 1. The number of halogens is 1. The molecule has 28 heavy (non-hydrogen) atoms. The molecule has 4 heteroatoms. The van der Waals surface area contributed by atoms with Crippen LogP contribution in [0.3, 0.4) is 0 Å². The van der Waals surface area contributed by atoms with Crippen molar-refractivity contribution in [3.05, 3.63) is 94.6 Å². The monoisotopic (exact) mass is 396 g/mol. The van der Waals surface area contributed by atoms with E-state index in [0.29, 0.717) is 18.0 Å². The highest BCUT2D eigenvalue weighted by atomic mass is 32.3. The molecule has 2 nitrogen and oxygen atoms in total. The summed E-state index contributed by atoms with van der Waals surface area (Å²) < 4.78 is 16.5. The summed E-state index contributed by atoms with van der Waals surface area (Å²) in [4.78, 5) is 5.49. The van der Waals surface area contributed by atoms with E-state index < -0.39 is 10.4 Å². The first-order chi connectivity index (χ1) is 13.6. The number of nitrogens with zero attached hydrogens (tertiary/aromatic N) is 1. The van der Waals surface area contributed by atoms with Gasteiger partial charge in [-0.1, -0.05) is 66.8 Å². The third-order valence-corrected chi connectivity index (χ3v) is 8.37. The lowest BCUT2D eigenvalue weighted by atomic mass is 10.1. The normalized spacial score (nSPS) is 29.1. The first-order valence-electron chi connectivity index (χ1n) is 9.81. The Labute approximate surface area is 169 Å². The van der Waals surface area contributed by atoms with Gasteiger partial charge >= 0.3 is 0 Å². The molecule has 2 atom stereocenters. The summed E-state index contributed by atoms with van der Waals surface area (Å²) in [5.41, 5.74) is 8.70. The quantitative estimate of drug-likeness (QED) is 0.519. The van der Waals surface area contributed by atoms with E-state index in [4.69, 9.17) is 10.7 Å². The Morgan fingerprint density at radius 3 is 2.64 bits per heavy atom. The third kappa shape index (κ3) is 4.29. The van der Waals surface area contributed by atoms with Crippen LogP contribution in [0.4, 0.5) is 3.89 Å². The van der Waals surface area contributed by atoms with E-state index in [2.05, 4.69) is 12.2 Å². The lowest BCUT2D eigenvalue weighted by Gasteiger charge is -2.49. The number of nitrogens with two attached hydrogens (primary N) is 1. The molecule has 1 aromatic carbocycles. The topological polar surface area (TPSA) is 38.4 Å². The highest BCUT2D eigenvalue weighted by Gasteiger charge is 2.51. The van der Waals surface area contributed by atoms with E-state index in [9.17, 15) is 0 Å². The minimum absolute atomic E-state index is 0.141. The van der Waals surface area contributed by atoms with Gasteiger partial charge in [0.15, 0.2) is 0 Å². The summed E-state index contributed by atoms with van der Waals surface area (Å²) in [5.74, 6) is 0. The average Bonchev–Trinajstić information content (AvgIpc) is 2.74. The van der Waals surface area contributed by atoms with Crippen LogP contribution in [0.2, 0.25) is 0 Å². The lowest BCUT2D eigenvalue weighted by molar-refractivity contribution is 0.819. The Morgan fingerprint density at radius 2 is 2.00 bits per heavy atom. The van der Waals surface area contributed by atoms with Gasteiger partial charge in [-0.3, -0.25) is 0 Å². The van der Waals surface area contributed by atoms with E-state index in [1.807, 2.05) is 74.6 Å². The molecule has 2 unspecified atom stereocenters. The zero-order valence-electron chi connectivity index (χ0n) is 16.6. The largest absolute Gasteiger partial charge is 0.326 e. The van der Waals surface area contributed by atoms with Crippen LogP contribution < -0.4 is 5.73 Å². The molecule has 0 amide bonds. The standard InChI is InChI=1S/C24H29FN2S/c1-3-4-5-7-10-19(2)28(25)23(21-15-13-20(18-26)14-16-21)17-24(28)27-22-11-8-6-9-12-22/h3-5,7-8,10-16,23H,6,9,17-18,26H2,1-2H3/b4-3-,7-5-,19-10+,27-24+. The maximum atomic E-state index is 16.5. The zero-order valence-corrected chi connectivity index (χ0v) is 17.5. The molecule has 0 radical (unpaired) electrons. The SMILES string of the molecule is C\C=C/C=C\C=C(/C)S1(F)/C(=N/C2=CCCC=C2)CC1c1ccc(CN)cc1. The van der Waals surface area contributed by atoms with Gasteiger partial charge in [-0.15, -0.1) is 0 Å². The second-order valence-electron chi connectivity index (χ2n) is 7.02. The van der Waals surface area contributed by atoms with Crippen molar-refractivity contribution in [2.24, 2.45) is 10.7 Å². The zero-order chi connectivity index (χ0) is 20.0. The van der Waals surface area contributed by atoms with Crippen LogP contribution in [0, 0.1) is 0 Å². The molecule has 0 bridgehead atoms. The van der Waals surface area contributed by atoms with E-state index in [1.54, 1.807) is 0 Å². The Balaban J connectivity index is 1.95. The predicted molar refractivity (Wildman–Crippen MR) is 122 cm³/mol. The smallest absolute Gasteiger partial charge is 0.0897 e. The Bertz CT molecular complexity index is 874. The predicted octanol–water partition coefficient (Wildman–Crippen LogP) is 6.95. The summed E-state index contributed by atoms with van der Waals surface area (Å²) >= 11 is 0. The van der Waals surface area contributed by atoms with E-state index in [0.717, 1.165) is 34.6 Å². The second kappa shape index (κ2) is 9.35. The van der Waals surface area contributed by atoms with Crippen LogP contribution in [-0.2, 0) is 6.54 Å². The minimum Gasteiger partial charge on any atom is -0.326 e. The highest BCUT2D eigenvalue weighted by molar-refractivity contribution is 8.46. The second-order valence-corrected chi connectivity index (χ2v) is 9.87. The van der Waals surface area contributed by atoms with Crippen molar-refractivity contribution in [3.63, 3.8) is 0 Å². The van der Waals surface area contributed by atoms with Gasteiger partial charge in [0, 0.05) is 13.0 Å². The average molecular weight is 397 g/mol. The number of allylic oxidation sites excluding steroid dienone is 9. The van der Waals surface area contributed by atoms with Crippen molar-refractivity contribution in [1.82, 2.24) is 0 Å². The van der Waals surface area contributed by atoms with Crippen LogP contribution in [0.15, 0.2) is 88.5 Å². The molecule has 2 N–H and O–H groups in total. The molecule has 0 aromatic heterocycles. The van der Waals surface area contributed by atoms with E-state index in [1.165, 1.54) is 0 Å². The molecule has 1 aliphatic carbocycles. The van der Waals surface area contributed by atoms with Crippen LogP contribution in [0.25, 0.3) is 0 Å². The van der Waals surface area contributed by atoms with Gasteiger partial charge in [-0.25, -0.2) is 4.99 Å². The Hall–Kier alpha value is -2.17. The van der Waals surface area contributed by atoms with Crippen molar-refractivity contribution >= 4 is 15.5 Å². The van der Waals surface area contributed by atoms with Crippen molar-refractivity contribution in [1.29, 1.82) is 0 Å². The molecule has 148 valence electrons. The van der Waals surface area contributed by atoms with Gasteiger partial charge < -0.3 is 5.73 Å². The summed E-state index contributed by atoms with van der Waals surface area (Å²) in [7, 11) is -2.63. The highest BCUT2D eigenvalue weighted by Crippen LogP contribution is 2.77. The lowest BCUT2D eigenvalue weighted by Crippen LogP contribution is -2.30. The van der Waals surface area contributed by atoms with Crippen molar-refractivity contribution in [2.45, 2.75) is 44.9 Å². The molecule has 1 aliphatic heterocycles. The van der Waals surface area contributed by atoms with Crippen LogP contribution in [0.5, 0.6) is 0 Å². The fraction of sp³-hybridized carbons (Fsp3) is 0.292. The minimum atomic E-state index is -2.63. The summed E-state index contributed by atoms with van der Waals surface area (Å²) in [6.45, 7) is 4.36. The number of aliphatic imine (C=N–C) groups is 1. The van der Waals surface area contributed by atoms with Crippen LogP contribution in [0.1, 0.15) is 49.5 Å². The van der Waals surface area contributed by atoms with Gasteiger partial charge in [0.05, 0.1) is 16.0 Å².